The van der Waals surface area contributed by atoms with Crippen molar-refractivity contribution in [2.45, 2.75) is 6.42 Å². The van der Waals surface area contributed by atoms with E-state index >= 15 is 0 Å². The van der Waals surface area contributed by atoms with Crippen LogP contribution in [0, 0.1) is 26.1 Å². The summed E-state index contributed by atoms with van der Waals surface area (Å²) in [6.07, 6.45) is -0.125. The fourth-order valence-electron chi connectivity index (χ4n) is 2.41. The first-order chi connectivity index (χ1) is 10.6. The highest BCUT2D eigenvalue weighted by Crippen LogP contribution is 2.35. The zero-order valence-electron chi connectivity index (χ0n) is 11.4. The van der Waals surface area contributed by atoms with E-state index in [0.717, 1.165) is 23.1 Å². The van der Waals surface area contributed by atoms with Crippen molar-refractivity contribution in [3.05, 3.63) is 38.4 Å². The number of carbonyl (C=O) groups is 1. The Morgan fingerprint density at radius 1 is 1.26 bits per heavy atom. The van der Waals surface area contributed by atoms with Crippen molar-refractivity contribution in [1.29, 1.82) is 0 Å². The number of non-ortho nitro benzene ring substituents is 1. The third-order valence-electron chi connectivity index (χ3n) is 3.30. The SMILES string of the molecule is O=C1CC(CS(=O)(=O)Cl)CN1c1ccc([N+](=O)[O-])cc1[N+](=O)[O-]. The summed E-state index contributed by atoms with van der Waals surface area (Å²) >= 11 is 0. The summed E-state index contributed by atoms with van der Waals surface area (Å²) in [7, 11) is 1.34. The van der Waals surface area contributed by atoms with Gasteiger partial charge < -0.3 is 4.90 Å². The molecule has 12 heteroatoms. The Bertz CT molecular complexity index is 795. The highest BCUT2D eigenvalue weighted by molar-refractivity contribution is 8.13. The van der Waals surface area contributed by atoms with Gasteiger partial charge in [0.1, 0.15) is 5.69 Å². The average Bonchev–Trinajstić information content (AvgIpc) is 2.76. The summed E-state index contributed by atoms with van der Waals surface area (Å²) in [5, 5.41) is 21.8. The van der Waals surface area contributed by atoms with Crippen LogP contribution in [0.3, 0.4) is 0 Å². The first-order valence-corrected chi connectivity index (χ1v) is 8.72. The molecule has 0 aliphatic carbocycles. The molecule has 0 bridgehead atoms. The number of benzene rings is 1. The normalized spacial score (nSPS) is 18.2. The molecule has 0 aromatic heterocycles. The molecule has 1 saturated heterocycles. The van der Waals surface area contributed by atoms with Gasteiger partial charge in [-0.05, 0) is 6.07 Å². The van der Waals surface area contributed by atoms with E-state index in [-0.39, 0.29) is 18.7 Å². The molecule has 1 amide bonds. The van der Waals surface area contributed by atoms with Crippen molar-refractivity contribution in [2.75, 3.05) is 17.2 Å². The standard InChI is InChI=1S/C11H10ClN3O7S/c12-23(21,22)6-7-3-11(16)13(5-7)9-2-1-8(14(17)18)4-10(9)15(19)20/h1-2,4,7H,3,5-6H2. The van der Waals surface area contributed by atoms with Gasteiger partial charge in [-0.2, -0.15) is 0 Å². The lowest BCUT2D eigenvalue weighted by Gasteiger charge is -2.16. The van der Waals surface area contributed by atoms with E-state index in [4.69, 9.17) is 10.7 Å². The third kappa shape index (κ3) is 3.93. The Kier molecular flexibility index (Phi) is 4.52. The number of rotatable bonds is 5. The summed E-state index contributed by atoms with van der Waals surface area (Å²) in [4.78, 5) is 33.2. The molecule has 124 valence electrons. The average molecular weight is 364 g/mol. The fourth-order valence-corrected chi connectivity index (χ4v) is 3.73. The van der Waals surface area contributed by atoms with Crippen LogP contribution in [0.25, 0.3) is 0 Å². The Balaban J connectivity index is 2.36. The molecule has 1 heterocycles. The molecule has 10 nitrogen and oxygen atoms in total. The topological polar surface area (TPSA) is 141 Å². The second-order valence-corrected chi connectivity index (χ2v) is 7.79. The predicted octanol–water partition coefficient (Wildman–Crippen LogP) is 1.42. The van der Waals surface area contributed by atoms with Crippen LogP contribution in [0.1, 0.15) is 6.42 Å². The molecule has 1 atom stereocenters. The van der Waals surface area contributed by atoms with Crippen LogP contribution in [0.15, 0.2) is 18.2 Å². The lowest BCUT2D eigenvalue weighted by molar-refractivity contribution is -0.393. The minimum Gasteiger partial charge on any atom is -0.306 e. The van der Waals surface area contributed by atoms with Crippen LogP contribution in [0.2, 0.25) is 0 Å². The number of nitro groups is 2. The smallest absolute Gasteiger partial charge is 0.299 e. The lowest BCUT2D eigenvalue weighted by atomic mass is 10.1. The Hall–Kier alpha value is -2.27. The molecule has 1 aromatic carbocycles. The summed E-state index contributed by atoms with van der Waals surface area (Å²) in [6, 6.07) is 2.90. The van der Waals surface area contributed by atoms with Gasteiger partial charge in [-0.3, -0.25) is 25.0 Å². The molecule has 1 aromatic rings. The number of hydrogen-bond acceptors (Lipinski definition) is 7. The molecule has 2 rings (SSSR count). The van der Waals surface area contributed by atoms with E-state index in [1.54, 1.807) is 0 Å². The van der Waals surface area contributed by atoms with E-state index in [9.17, 15) is 33.4 Å². The second kappa shape index (κ2) is 6.08. The van der Waals surface area contributed by atoms with Crippen LogP contribution >= 0.6 is 10.7 Å². The first kappa shape index (κ1) is 17.1. The molecule has 1 fully saturated rings. The van der Waals surface area contributed by atoms with E-state index < -0.39 is 47.9 Å². The molecule has 1 aliphatic heterocycles. The van der Waals surface area contributed by atoms with Gasteiger partial charge in [0.15, 0.2) is 0 Å². The minimum atomic E-state index is -3.81. The van der Waals surface area contributed by atoms with Gasteiger partial charge in [-0.15, -0.1) is 0 Å². The zero-order chi connectivity index (χ0) is 17.4. The summed E-state index contributed by atoms with van der Waals surface area (Å²) in [6.45, 7) is -0.0660. The molecule has 0 spiro atoms. The molecular weight excluding hydrogens is 354 g/mol. The van der Waals surface area contributed by atoms with Crippen molar-refractivity contribution < 1.29 is 23.1 Å². The highest BCUT2D eigenvalue weighted by Gasteiger charge is 2.36. The van der Waals surface area contributed by atoms with Crippen LogP contribution < -0.4 is 4.90 Å². The van der Waals surface area contributed by atoms with E-state index in [0.29, 0.717) is 0 Å². The number of carbonyl (C=O) groups excluding carboxylic acids is 1. The van der Waals surface area contributed by atoms with E-state index in [1.165, 1.54) is 0 Å². The van der Waals surface area contributed by atoms with Gasteiger partial charge in [-0.25, -0.2) is 8.42 Å². The summed E-state index contributed by atoms with van der Waals surface area (Å²) in [5.74, 6) is -1.54. The van der Waals surface area contributed by atoms with Crippen LogP contribution in [0.4, 0.5) is 17.1 Å². The number of anilines is 1. The molecule has 1 aliphatic rings. The Morgan fingerprint density at radius 3 is 2.43 bits per heavy atom. The second-order valence-electron chi connectivity index (χ2n) is 4.97. The largest absolute Gasteiger partial charge is 0.306 e. The summed E-state index contributed by atoms with van der Waals surface area (Å²) in [5.41, 5.74) is -1.19. The van der Waals surface area contributed by atoms with Crippen molar-refractivity contribution in [3.63, 3.8) is 0 Å². The quantitative estimate of drug-likeness (QED) is 0.437. The van der Waals surface area contributed by atoms with Gasteiger partial charge in [-0.1, -0.05) is 0 Å². The lowest BCUT2D eigenvalue weighted by Crippen LogP contribution is -2.26. The van der Waals surface area contributed by atoms with Crippen LogP contribution in [-0.4, -0.2) is 36.5 Å². The van der Waals surface area contributed by atoms with Gasteiger partial charge in [0.05, 0.1) is 21.7 Å². The van der Waals surface area contributed by atoms with Crippen LogP contribution in [-0.2, 0) is 13.8 Å². The van der Waals surface area contributed by atoms with E-state index in [2.05, 4.69) is 0 Å². The maximum Gasteiger partial charge on any atom is 0.299 e. The Morgan fingerprint density at radius 2 is 1.91 bits per heavy atom. The molecule has 23 heavy (non-hydrogen) atoms. The van der Waals surface area contributed by atoms with Gasteiger partial charge in [0, 0.05) is 35.6 Å². The maximum absolute atomic E-state index is 12.0. The monoisotopic (exact) mass is 363 g/mol. The van der Waals surface area contributed by atoms with Crippen molar-refractivity contribution >= 4 is 42.7 Å². The molecular formula is C11H10ClN3O7S. The predicted molar refractivity (Wildman–Crippen MR) is 79.9 cm³/mol. The van der Waals surface area contributed by atoms with Crippen molar-refractivity contribution in [1.82, 2.24) is 0 Å². The van der Waals surface area contributed by atoms with E-state index in [1.807, 2.05) is 0 Å². The Labute approximate surface area is 134 Å². The third-order valence-corrected chi connectivity index (χ3v) is 4.54. The fraction of sp³-hybridized carbons (Fsp3) is 0.364. The van der Waals surface area contributed by atoms with Crippen molar-refractivity contribution in [3.8, 4) is 0 Å². The molecule has 0 N–H and O–H groups in total. The number of amides is 1. The minimum absolute atomic E-state index is 0.0660. The zero-order valence-corrected chi connectivity index (χ0v) is 13.0. The van der Waals surface area contributed by atoms with Gasteiger partial charge >= 0.3 is 0 Å². The van der Waals surface area contributed by atoms with Crippen LogP contribution in [0.5, 0.6) is 0 Å². The van der Waals surface area contributed by atoms with Gasteiger partial charge in [0.2, 0.25) is 15.0 Å². The highest BCUT2D eigenvalue weighted by atomic mass is 35.7. The first-order valence-electron chi connectivity index (χ1n) is 6.24. The molecule has 0 saturated carbocycles. The number of nitrogens with zero attached hydrogens (tertiary/aromatic N) is 3. The number of nitro benzene ring substituents is 2. The number of hydrogen-bond donors (Lipinski definition) is 0. The number of halogens is 1. The van der Waals surface area contributed by atoms with Crippen molar-refractivity contribution in [2.24, 2.45) is 5.92 Å². The molecule has 1 unspecified atom stereocenters. The van der Waals surface area contributed by atoms with Gasteiger partial charge in [0.25, 0.3) is 11.4 Å². The summed E-state index contributed by atoms with van der Waals surface area (Å²) < 4.78 is 22.2. The maximum atomic E-state index is 12.0. The molecule has 0 radical (unpaired) electrons.